The molecule has 0 aliphatic heterocycles. The molecule has 1 aromatic carbocycles. The van der Waals surface area contributed by atoms with E-state index in [1.807, 2.05) is 12.1 Å². The molecule has 7 heteroatoms. The van der Waals surface area contributed by atoms with Crippen LogP contribution in [0.3, 0.4) is 0 Å². The van der Waals surface area contributed by atoms with Crippen molar-refractivity contribution in [3.63, 3.8) is 0 Å². The minimum absolute atomic E-state index is 0.339. The third-order valence-electron chi connectivity index (χ3n) is 2.15. The molecule has 0 radical (unpaired) electrons. The van der Waals surface area contributed by atoms with Crippen LogP contribution in [0.1, 0.15) is 5.69 Å². The van der Waals surface area contributed by atoms with Gasteiger partial charge in [0, 0.05) is 10.5 Å². The molecule has 0 saturated heterocycles. The van der Waals surface area contributed by atoms with Crippen molar-refractivity contribution in [2.24, 2.45) is 0 Å². The van der Waals surface area contributed by atoms with Gasteiger partial charge < -0.3 is 4.74 Å². The van der Waals surface area contributed by atoms with Crippen LogP contribution in [0.2, 0.25) is 0 Å². The molecule has 0 fully saturated rings. The summed E-state index contributed by atoms with van der Waals surface area (Å²) in [6.07, 6.45) is 1.78. The predicted molar refractivity (Wildman–Crippen MR) is 72.9 cm³/mol. The van der Waals surface area contributed by atoms with Crippen molar-refractivity contribution in [1.82, 2.24) is 15.0 Å². The van der Waals surface area contributed by atoms with E-state index in [1.165, 1.54) is 0 Å². The van der Waals surface area contributed by atoms with Gasteiger partial charge in [-0.2, -0.15) is 0 Å². The molecular formula is C10H8Br2ClN3O. The predicted octanol–water partition coefficient (Wildman–Crippen LogP) is 3.54. The zero-order chi connectivity index (χ0) is 12.4. The summed E-state index contributed by atoms with van der Waals surface area (Å²) in [5.41, 5.74) is 1.56. The zero-order valence-corrected chi connectivity index (χ0v) is 12.8. The molecule has 2 rings (SSSR count). The highest BCUT2D eigenvalue weighted by atomic mass is 79.9. The Labute approximate surface area is 120 Å². The summed E-state index contributed by atoms with van der Waals surface area (Å²) in [5, 5.41) is 7.94. The minimum atomic E-state index is 0.339. The monoisotopic (exact) mass is 379 g/mol. The lowest BCUT2D eigenvalue weighted by molar-refractivity contribution is 0.411. The molecule has 2 aromatic rings. The largest absolute Gasteiger partial charge is 0.495 e. The molecular weight excluding hydrogens is 373 g/mol. The van der Waals surface area contributed by atoms with Crippen LogP contribution in [0.5, 0.6) is 5.75 Å². The Kier molecular flexibility index (Phi) is 4.06. The van der Waals surface area contributed by atoms with Crippen molar-refractivity contribution in [3.05, 3.63) is 33.0 Å². The molecule has 4 nitrogen and oxygen atoms in total. The molecule has 0 aliphatic carbocycles. The topological polar surface area (TPSA) is 39.9 Å². The lowest BCUT2D eigenvalue weighted by Gasteiger charge is -2.08. The fourth-order valence-electron chi connectivity index (χ4n) is 1.33. The van der Waals surface area contributed by atoms with Crippen LogP contribution < -0.4 is 4.74 Å². The van der Waals surface area contributed by atoms with Crippen LogP contribution in [0, 0.1) is 0 Å². The molecule has 0 aliphatic rings. The molecule has 0 saturated carbocycles. The number of hydrogen-bond donors (Lipinski definition) is 0. The van der Waals surface area contributed by atoms with Gasteiger partial charge in [-0.15, -0.1) is 16.7 Å². The smallest absolute Gasteiger partial charge is 0.135 e. The third-order valence-corrected chi connectivity index (χ3v) is 3.67. The molecule has 0 unspecified atom stereocenters. The highest BCUT2D eigenvalue weighted by molar-refractivity contribution is 9.11. The first-order chi connectivity index (χ1) is 8.15. The minimum Gasteiger partial charge on any atom is -0.495 e. The molecule has 0 N–H and O–H groups in total. The van der Waals surface area contributed by atoms with Gasteiger partial charge in [0.15, 0.2) is 0 Å². The number of hydrogen-bond acceptors (Lipinski definition) is 3. The van der Waals surface area contributed by atoms with Crippen molar-refractivity contribution in [3.8, 4) is 11.4 Å². The SMILES string of the molecule is COc1cc(-n2cc(CCl)nn2)c(Br)cc1Br. The number of rotatable bonds is 3. The van der Waals surface area contributed by atoms with E-state index in [1.54, 1.807) is 18.0 Å². The van der Waals surface area contributed by atoms with E-state index < -0.39 is 0 Å². The third kappa shape index (κ3) is 2.64. The maximum atomic E-state index is 5.69. The Balaban J connectivity index is 2.50. The summed E-state index contributed by atoms with van der Waals surface area (Å²) < 4.78 is 8.64. The number of ether oxygens (including phenoxy) is 1. The van der Waals surface area contributed by atoms with Crippen molar-refractivity contribution >= 4 is 43.5 Å². The molecule has 17 heavy (non-hydrogen) atoms. The Morgan fingerprint density at radius 3 is 2.71 bits per heavy atom. The van der Waals surface area contributed by atoms with E-state index in [0.717, 1.165) is 26.1 Å². The average molecular weight is 381 g/mol. The van der Waals surface area contributed by atoms with Gasteiger partial charge in [0.1, 0.15) is 5.75 Å². The van der Waals surface area contributed by atoms with Gasteiger partial charge in [-0.3, -0.25) is 0 Å². The van der Waals surface area contributed by atoms with E-state index in [-0.39, 0.29) is 0 Å². The Hall–Kier alpha value is -0.590. The molecule has 0 amide bonds. The van der Waals surface area contributed by atoms with Crippen LogP contribution in [0.15, 0.2) is 27.3 Å². The summed E-state index contributed by atoms with van der Waals surface area (Å²) in [5.74, 6) is 1.07. The van der Waals surface area contributed by atoms with Gasteiger partial charge in [-0.25, -0.2) is 4.68 Å². The van der Waals surface area contributed by atoms with Crippen LogP contribution in [0.4, 0.5) is 0 Å². The highest BCUT2D eigenvalue weighted by Gasteiger charge is 2.10. The molecule has 1 heterocycles. The number of aromatic nitrogens is 3. The fourth-order valence-corrected chi connectivity index (χ4v) is 2.79. The summed E-state index contributed by atoms with van der Waals surface area (Å²) in [4.78, 5) is 0. The van der Waals surface area contributed by atoms with Crippen LogP contribution >= 0.6 is 43.5 Å². The number of benzene rings is 1. The second-order valence-corrected chi connectivity index (χ2v) is 5.20. The molecule has 0 bridgehead atoms. The number of methoxy groups -OCH3 is 1. The van der Waals surface area contributed by atoms with Crippen LogP contribution in [-0.2, 0) is 5.88 Å². The highest BCUT2D eigenvalue weighted by Crippen LogP contribution is 2.33. The molecule has 0 spiro atoms. The number of alkyl halides is 1. The maximum absolute atomic E-state index is 5.69. The fraction of sp³-hybridized carbons (Fsp3) is 0.200. The van der Waals surface area contributed by atoms with Crippen LogP contribution in [0.25, 0.3) is 5.69 Å². The van der Waals surface area contributed by atoms with Crippen molar-refractivity contribution < 1.29 is 4.74 Å². The van der Waals surface area contributed by atoms with Crippen molar-refractivity contribution in [2.75, 3.05) is 7.11 Å². The van der Waals surface area contributed by atoms with E-state index in [2.05, 4.69) is 42.2 Å². The molecule has 1 aromatic heterocycles. The maximum Gasteiger partial charge on any atom is 0.135 e. The first kappa shape index (κ1) is 12.9. The van der Waals surface area contributed by atoms with Gasteiger partial charge in [-0.1, -0.05) is 5.21 Å². The number of nitrogens with zero attached hydrogens (tertiary/aromatic N) is 3. The zero-order valence-electron chi connectivity index (χ0n) is 8.82. The van der Waals surface area contributed by atoms with Crippen molar-refractivity contribution in [1.29, 1.82) is 0 Å². The second kappa shape index (κ2) is 5.37. The van der Waals surface area contributed by atoms with Crippen molar-refractivity contribution in [2.45, 2.75) is 5.88 Å². The summed E-state index contributed by atoms with van der Waals surface area (Å²) in [6.45, 7) is 0. The van der Waals surface area contributed by atoms with Gasteiger partial charge in [0.25, 0.3) is 0 Å². The lowest BCUT2D eigenvalue weighted by atomic mass is 10.3. The second-order valence-electron chi connectivity index (χ2n) is 3.23. The van der Waals surface area contributed by atoms with E-state index >= 15 is 0 Å². The van der Waals surface area contributed by atoms with Gasteiger partial charge in [-0.05, 0) is 37.9 Å². The Bertz CT molecular complexity index is 544. The van der Waals surface area contributed by atoms with E-state index in [4.69, 9.17) is 16.3 Å². The quantitative estimate of drug-likeness (QED) is 0.764. The number of halogens is 3. The van der Waals surface area contributed by atoms with Gasteiger partial charge in [0.2, 0.25) is 0 Å². The van der Waals surface area contributed by atoms with E-state index in [0.29, 0.717) is 5.88 Å². The van der Waals surface area contributed by atoms with Gasteiger partial charge in [0.05, 0.1) is 35.0 Å². The summed E-state index contributed by atoms with van der Waals surface area (Å²) >= 11 is 12.6. The standard InChI is InChI=1S/C10H8Br2ClN3O/c1-17-10-3-9(7(11)2-8(10)12)16-5-6(4-13)14-15-16/h2-3,5H,4H2,1H3. The molecule has 0 atom stereocenters. The summed E-state index contributed by atoms with van der Waals surface area (Å²) in [7, 11) is 1.61. The van der Waals surface area contributed by atoms with Crippen LogP contribution in [-0.4, -0.2) is 22.1 Å². The normalized spacial score (nSPS) is 10.6. The Morgan fingerprint density at radius 2 is 2.12 bits per heavy atom. The Morgan fingerprint density at radius 1 is 1.35 bits per heavy atom. The van der Waals surface area contributed by atoms with E-state index in [9.17, 15) is 0 Å². The molecule has 90 valence electrons. The first-order valence-corrected chi connectivity index (χ1v) is 6.78. The first-order valence-electron chi connectivity index (χ1n) is 4.66. The van der Waals surface area contributed by atoms with Gasteiger partial charge >= 0.3 is 0 Å². The average Bonchev–Trinajstić information content (AvgIpc) is 2.78. The summed E-state index contributed by atoms with van der Waals surface area (Å²) in [6, 6.07) is 3.76. The lowest BCUT2D eigenvalue weighted by Crippen LogP contribution is -1.97.